The average molecular weight is 356 g/mol. The first kappa shape index (κ1) is 17.9. The van der Waals surface area contributed by atoms with Gasteiger partial charge < -0.3 is 10.1 Å². The Bertz CT molecular complexity index is 762. The minimum atomic E-state index is -0.373. The van der Waals surface area contributed by atoms with Crippen molar-refractivity contribution in [2.45, 2.75) is 38.2 Å². The van der Waals surface area contributed by atoms with Crippen LogP contribution in [0.1, 0.15) is 26.3 Å². The van der Waals surface area contributed by atoms with Crippen LogP contribution < -0.4 is 10.1 Å². The van der Waals surface area contributed by atoms with Crippen molar-refractivity contribution in [3.8, 4) is 16.9 Å². The standard InChI is InChI=1S/C21H25NO2S/c1-21(2,3)20(23)22-13-17-12-16-11-15(7-10-19(16)24-17)14-5-8-18(25-4)9-6-14/h5-11,17H,12-13H2,1-4H3,(H,22,23)/t17-/m1/s1. The van der Waals surface area contributed by atoms with Gasteiger partial charge in [0.15, 0.2) is 0 Å². The smallest absolute Gasteiger partial charge is 0.225 e. The lowest BCUT2D eigenvalue weighted by Crippen LogP contribution is -2.40. The Balaban J connectivity index is 1.67. The van der Waals surface area contributed by atoms with E-state index in [1.54, 1.807) is 11.8 Å². The van der Waals surface area contributed by atoms with Crippen LogP contribution in [0.25, 0.3) is 11.1 Å². The zero-order chi connectivity index (χ0) is 18.0. The van der Waals surface area contributed by atoms with Crippen molar-refractivity contribution >= 4 is 17.7 Å². The second kappa shape index (κ2) is 7.12. The lowest BCUT2D eigenvalue weighted by Gasteiger charge is -2.19. The topological polar surface area (TPSA) is 38.3 Å². The summed E-state index contributed by atoms with van der Waals surface area (Å²) in [5.41, 5.74) is 3.25. The normalized spacial score (nSPS) is 16.2. The van der Waals surface area contributed by atoms with Crippen LogP contribution in [0.5, 0.6) is 5.75 Å². The summed E-state index contributed by atoms with van der Waals surface area (Å²) < 4.78 is 5.98. The SMILES string of the molecule is CSc1ccc(-c2ccc3c(c2)C[C@H](CNC(=O)C(C)(C)C)O3)cc1. The lowest BCUT2D eigenvalue weighted by atomic mass is 9.95. The Morgan fingerprint density at radius 2 is 1.84 bits per heavy atom. The van der Waals surface area contributed by atoms with Crippen LogP contribution in [0.2, 0.25) is 0 Å². The molecule has 0 unspecified atom stereocenters. The van der Waals surface area contributed by atoms with Gasteiger partial charge in [0.25, 0.3) is 0 Å². The van der Waals surface area contributed by atoms with Gasteiger partial charge in [-0.1, -0.05) is 39.0 Å². The van der Waals surface area contributed by atoms with E-state index in [4.69, 9.17) is 4.74 Å². The average Bonchev–Trinajstić information content (AvgIpc) is 3.00. The molecule has 1 N–H and O–H groups in total. The molecule has 3 rings (SSSR count). The van der Waals surface area contributed by atoms with Gasteiger partial charge in [0, 0.05) is 16.7 Å². The van der Waals surface area contributed by atoms with Crippen molar-refractivity contribution in [1.29, 1.82) is 0 Å². The van der Waals surface area contributed by atoms with Crippen LogP contribution >= 0.6 is 11.8 Å². The van der Waals surface area contributed by atoms with Gasteiger partial charge in [-0.2, -0.15) is 0 Å². The molecule has 2 aromatic carbocycles. The van der Waals surface area contributed by atoms with Crippen molar-refractivity contribution in [3.63, 3.8) is 0 Å². The van der Waals surface area contributed by atoms with Gasteiger partial charge >= 0.3 is 0 Å². The number of carbonyl (C=O) groups is 1. The van der Waals surface area contributed by atoms with Crippen molar-refractivity contribution in [2.24, 2.45) is 5.41 Å². The van der Waals surface area contributed by atoms with Crippen molar-refractivity contribution in [3.05, 3.63) is 48.0 Å². The number of hydrogen-bond donors (Lipinski definition) is 1. The van der Waals surface area contributed by atoms with Gasteiger partial charge in [0.05, 0.1) is 6.54 Å². The molecule has 1 aliphatic rings. The minimum Gasteiger partial charge on any atom is -0.488 e. The number of thioether (sulfide) groups is 1. The number of nitrogens with one attached hydrogen (secondary N) is 1. The summed E-state index contributed by atoms with van der Waals surface area (Å²) in [5, 5.41) is 2.99. The summed E-state index contributed by atoms with van der Waals surface area (Å²) in [4.78, 5) is 13.3. The zero-order valence-electron chi connectivity index (χ0n) is 15.3. The zero-order valence-corrected chi connectivity index (χ0v) is 16.1. The fraction of sp³-hybridized carbons (Fsp3) is 0.381. The van der Waals surface area contributed by atoms with Crippen LogP contribution in [0.15, 0.2) is 47.4 Å². The molecule has 1 amide bonds. The third-order valence-electron chi connectivity index (χ3n) is 4.40. The Morgan fingerprint density at radius 3 is 2.48 bits per heavy atom. The monoisotopic (exact) mass is 355 g/mol. The van der Waals surface area contributed by atoms with E-state index in [0.29, 0.717) is 6.54 Å². The van der Waals surface area contributed by atoms with Gasteiger partial charge in [-0.3, -0.25) is 4.79 Å². The molecular weight excluding hydrogens is 330 g/mol. The van der Waals surface area contributed by atoms with E-state index in [-0.39, 0.29) is 17.4 Å². The van der Waals surface area contributed by atoms with E-state index in [2.05, 4.69) is 48.0 Å². The van der Waals surface area contributed by atoms with Gasteiger partial charge in [-0.25, -0.2) is 0 Å². The van der Waals surface area contributed by atoms with E-state index in [1.165, 1.54) is 21.6 Å². The van der Waals surface area contributed by atoms with Crippen LogP contribution in [-0.4, -0.2) is 24.8 Å². The van der Waals surface area contributed by atoms with Crippen LogP contribution in [0, 0.1) is 5.41 Å². The first-order valence-electron chi connectivity index (χ1n) is 8.59. The van der Waals surface area contributed by atoms with Gasteiger partial charge in [-0.15, -0.1) is 11.8 Å². The highest BCUT2D eigenvalue weighted by molar-refractivity contribution is 7.98. The Labute approximate surface area is 154 Å². The molecule has 0 saturated carbocycles. The second-order valence-electron chi connectivity index (χ2n) is 7.46. The van der Waals surface area contributed by atoms with Crippen LogP contribution in [0.3, 0.4) is 0 Å². The molecule has 0 aliphatic carbocycles. The molecule has 0 saturated heterocycles. The summed E-state index contributed by atoms with van der Waals surface area (Å²) in [6.45, 7) is 6.30. The quantitative estimate of drug-likeness (QED) is 0.818. The number of amides is 1. The maximum Gasteiger partial charge on any atom is 0.225 e. The molecule has 4 heteroatoms. The molecule has 132 valence electrons. The third kappa shape index (κ3) is 4.18. The summed E-state index contributed by atoms with van der Waals surface area (Å²) in [6.07, 6.45) is 2.92. The number of carbonyl (C=O) groups excluding carboxylic acids is 1. The summed E-state index contributed by atoms with van der Waals surface area (Å²) in [7, 11) is 0. The fourth-order valence-corrected chi connectivity index (χ4v) is 3.28. The van der Waals surface area contributed by atoms with Crippen molar-refractivity contribution in [2.75, 3.05) is 12.8 Å². The second-order valence-corrected chi connectivity index (χ2v) is 8.33. The summed E-state index contributed by atoms with van der Waals surface area (Å²) in [6, 6.07) is 15.0. The number of ether oxygens (including phenoxy) is 1. The molecule has 1 aliphatic heterocycles. The molecule has 1 atom stereocenters. The number of hydrogen-bond acceptors (Lipinski definition) is 3. The van der Waals surface area contributed by atoms with E-state index < -0.39 is 0 Å². The molecule has 2 aromatic rings. The molecule has 0 bridgehead atoms. The highest BCUT2D eigenvalue weighted by Gasteiger charge is 2.26. The molecule has 3 nitrogen and oxygen atoms in total. The van der Waals surface area contributed by atoms with Crippen LogP contribution in [0.4, 0.5) is 0 Å². The number of benzene rings is 2. The Morgan fingerprint density at radius 1 is 1.16 bits per heavy atom. The van der Waals surface area contributed by atoms with Crippen LogP contribution in [-0.2, 0) is 11.2 Å². The molecule has 0 spiro atoms. The van der Waals surface area contributed by atoms with E-state index >= 15 is 0 Å². The molecule has 25 heavy (non-hydrogen) atoms. The first-order valence-corrected chi connectivity index (χ1v) is 9.81. The maximum absolute atomic E-state index is 12.0. The highest BCUT2D eigenvalue weighted by atomic mass is 32.2. The highest BCUT2D eigenvalue weighted by Crippen LogP contribution is 2.33. The molecular formula is C21H25NO2S. The molecule has 0 fully saturated rings. The van der Waals surface area contributed by atoms with Gasteiger partial charge in [0.2, 0.25) is 5.91 Å². The van der Waals surface area contributed by atoms with Gasteiger partial charge in [0.1, 0.15) is 11.9 Å². The summed E-state index contributed by atoms with van der Waals surface area (Å²) >= 11 is 1.75. The third-order valence-corrected chi connectivity index (χ3v) is 5.14. The van der Waals surface area contributed by atoms with E-state index in [1.807, 2.05) is 26.8 Å². The molecule has 0 aromatic heterocycles. The number of rotatable bonds is 4. The summed E-state index contributed by atoms with van der Waals surface area (Å²) in [5.74, 6) is 0.987. The van der Waals surface area contributed by atoms with Gasteiger partial charge in [-0.05, 0) is 47.2 Å². The van der Waals surface area contributed by atoms with Crippen molar-refractivity contribution < 1.29 is 9.53 Å². The maximum atomic E-state index is 12.0. The van der Waals surface area contributed by atoms with Crippen molar-refractivity contribution in [1.82, 2.24) is 5.32 Å². The number of fused-ring (bicyclic) bond motifs is 1. The Hall–Kier alpha value is -1.94. The van der Waals surface area contributed by atoms with E-state index in [9.17, 15) is 4.79 Å². The predicted octanol–water partition coefficient (Wildman–Crippen LogP) is 4.54. The largest absolute Gasteiger partial charge is 0.488 e. The molecule has 1 heterocycles. The first-order chi connectivity index (χ1) is 11.9. The minimum absolute atomic E-state index is 0.00965. The lowest BCUT2D eigenvalue weighted by molar-refractivity contribution is -0.128. The fourth-order valence-electron chi connectivity index (χ4n) is 2.87. The molecule has 0 radical (unpaired) electrons. The van der Waals surface area contributed by atoms with E-state index in [0.717, 1.165) is 12.2 Å². The Kier molecular flexibility index (Phi) is 5.09. The predicted molar refractivity (Wildman–Crippen MR) is 104 cm³/mol.